The van der Waals surface area contributed by atoms with Gasteiger partial charge >= 0.3 is 6.18 Å². The number of nitrogens with one attached hydrogen (secondary N) is 1. The van der Waals surface area contributed by atoms with Crippen LogP contribution in [-0.4, -0.2) is 46.7 Å². The van der Waals surface area contributed by atoms with Gasteiger partial charge in [-0.3, -0.25) is 4.72 Å². The normalized spacial score (nSPS) is 14.6. The van der Waals surface area contributed by atoms with Crippen LogP contribution in [0.3, 0.4) is 0 Å². The quantitative estimate of drug-likeness (QED) is 0.426. The fraction of sp³-hybridized carbons (Fsp3) is 0.261. The van der Waals surface area contributed by atoms with Gasteiger partial charge in [0.1, 0.15) is 16.5 Å². The number of rotatable bonds is 6. The van der Waals surface area contributed by atoms with Crippen LogP contribution in [0.5, 0.6) is 5.75 Å². The van der Waals surface area contributed by atoms with Crippen LogP contribution in [0.15, 0.2) is 59.6 Å². The third-order valence-electron chi connectivity index (χ3n) is 5.62. The molecule has 1 aromatic heterocycles. The summed E-state index contributed by atoms with van der Waals surface area (Å²) >= 11 is 12.3. The Morgan fingerprint density at radius 3 is 2.28 bits per heavy atom. The number of piperazine rings is 1. The number of aromatic nitrogens is 1. The van der Waals surface area contributed by atoms with Gasteiger partial charge in [-0.1, -0.05) is 29.3 Å². The predicted octanol–water partition coefficient (Wildman–Crippen LogP) is 5.54. The van der Waals surface area contributed by atoms with Gasteiger partial charge in [0.15, 0.2) is 0 Å². The summed E-state index contributed by atoms with van der Waals surface area (Å²) in [5.74, 6) is 1.27. The maximum absolute atomic E-state index is 12.9. The number of nitrogens with zero attached hydrogens (tertiary/aromatic N) is 3. The highest BCUT2D eigenvalue weighted by Gasteiger charge is 2.32. The van der Waals surface area contributed by atoms with Gasteiger partial charge in [-0.15, -0.1) is 0 Å². The maximum atomic E-state index is 12.9. The second-order valence-electron chi connectivity index (χ2n) is 7.95. The van der Waals surface area contributed by atoms with Crippen LogP contribution >= 0.6 is 23.2 Å². The van der Waals surface area contributed by atoms with Crippen molar-refractivity contribution in [2.75, 3.05) is 47.8 Å². The number of ether oxygens (including phenoxy) is 1. The highest BCUT2D eigenvalue weighted by Crippen LogP contribution is 2.34. The third-order valence-corrected chi connectivity index (χ3v) is 7.76. The molecule has 0 aliphatic carbocycles. The van der Waals surface area contributed by atoms with Crippen molar-refractivity contribution in [1.29, 1.82) is 0 Å². The first kappa shape index (κ1) is 26.2. The van der Waals surface area contributed by atoms with E-state index >= 15 is 0 Å². The molecule has 3 aromatic rings. The van der Waals surface area contributed by atoms with Gasteiger partial charge in [-0.25, -0.2) is 13.4 Å². The lowest BCUT2D eigenvalue weighted by atomic mass is 10.2. The van der Waals surface area contributed by atoms with Crippen molar-refractivity contribution in [2.45, 2.75) is 11.1 Å². The van der Waals surface area contributed by atoms with Gasteiger partial charge in [0.25, 0.3) is 10.0 Å². The number of halogens is 5. The average Bonchev–Trinajstić information content (AvgIpc) is 2.83. The van der Waals surface area contributed by atoms with Gasteiger partial charge in [-0.05, 0) is 36.4 Å². The van der Waals surface area contributed by atoms with E-state index in [1.165, 1.54) is 12.3 Å². The summed E-state index contributed by atoms with van der Waals surface area (Å²) in [5, 5.41) is -0.328. The smallest absolute Gasteiger partial charge is 0.416 e. The Kier molecular flexibility index (Phi) is 7.44. The number of methoxy groups -OCH3 is 1. The van der Waals surface area contributed by atoms with Crippen molar-refractivity contribution >= 4 is 50.4 Å². The Bertz CT molecular complexity index is 1360. The number of benzene rings is 2. The van der Waals surface area contributed by atoms with E-state index in [9.17, 15) is 21.6 Å². The van der Waals surface area contributed by atoms with Crippen LogP contribution in [0, 0.1) is 0 Å². The molecule has 36 heavy (non-hydrogen) atoms. The first-order valence-corrected chi connectivity index (χ1v) is 12.9. The molecular formula is C23H21Cl2F3N4O3S. The lowest BCUT2D eigenvalue weighted by Gasteiger charge is -2.37. The monoisotopic (exact) mass is 560 g/mol. The van der Waals surface area contributed by atoms with E-state index in [1.54, 1.807) is 7.11 Å². The Hall–Kier alpha value is -2.89. The van der Waals surface area contributed by atoms with Gasteiger partial charge in [0, 0.05) is 37.9 Å². The zero-order valence-electron chi connectivity index (χ0n) is 18.9. The zero-order chi connectivity index (χ0) is 26.1. The highest BCUT2D eigenvalue weighted by molar-refractivity contribution is 7.92. The molecule has 0 atom stereocenters. The summed E-state index contributed by atoms with van der Waals surface area (Å²) in [6.07, 6.45) is -3.35. The second-order valence-corrected chi connectivity index (χ2v) is 10.4. The lowest BCUT2D eigenvalue weighted by molar-refractivity contribution is -0.137. The van der Waals surface area contributed by atoms with Crippen molar-refractivity contribution in [3.63, 3.8) is 0 Å². The van der Waals surface area contributed by atoms with Gasteiger partial charge in [-0.2, -0.15) is 13.2 Å². The fourth-order valence-electron chi connectivity index (χ4n) is 3.81. The SMILES string of the molecule is COc1cccc(N2CCN(c3ncc(NS(=O)(=O)c4ccc(C(F)(F)F)cc4Cl)cc3Cl)CC2)c1. The highest BCUT2D eigenvalue weighted by atomic mass is 35.5. The zero-order valence-corrected chi connectivity index (χ0v) is 21.2. The molecule has 0 radical (unpaired) electrons. The van der Waals surface area contributed by atoms with Crippen LogP contribution in [0.2, 0.25) is 10.0 Å². The molecule has 1 aliphatic heterocycles. The number of hydrogen-bond acceptors (Lipinski definition) is 6. The Balaban J connectivity index is 1.45. The van der Waals surface area contributed by atoms with Crippen molar-refractivity contribution in [1.82, 2.24) is 4.98 Å². The minimum absolute atomic E-state index is 0.0507. The minimum Gasteiger partial charge on any atom is -0.497 e. The van der Waals surface area contributed by atoms with E-state index in [0.29, 0.717) is 44.1 Å². The molecule has 4 rings (SSSR count). The number of anilines is 3. The van der Waals surface area contributed by atoms with E-state index < -0.39 is 31.7 Å². The maximum Gasteiger partial charge on any atom is 0.416 e. The van der Waals surface area contributed by atoms with Crippen molar-refractivity contribution in [3.05, 3.63) is 70.3 Å². The van der Waals surface area contributed by atoms with Crippen LogP contribution in [0.25, 0.3) is 0 Å². The molecule has 1 aliphatic rings. The first-order valence-electron chi connectivity index (χ1n) is 10.7. The topological polar surface area (TPSA) is 74.8 Å². The van der Waals surface area contributed by atoms with Crippen LogP contribution in [0.1, 0.15) is 5.56 Å². The predicted molar refractivity (Wildman–Crippen MR) is 134 cm³/mol. The summed E-state index contributed by atoms with van der Waals surface area (Å²) < 4.78 is 71.6. The summed E-state index contributed by atoms with van der Waals surface area (Å²) in [5.41, 5.74) is 0.0430. The molecule has 0 saturated carbocycles. The van der Waals surface area contributed by atoms with E-state index in [-0.39, 0.29) is 10.7 Å². The van der Waals surface area contributed by atoms with E-state index in [2.05, 4.69) is 14.6 Å². The van der Waals surface area contributed by atoms with E-state index in [1.807, 2.05) is 29.2 Å². The van der Waals surface area contributed by atoms with E-state index in [4.69, 9.17) is 27.9 Å². The minimum atomic E-state index is -4.65. The second kappa shape index (κ2) is 10.2. The Morgan fingerprint density at radius 2 is 1.67 bits per heavy atom. The lowest BCUT2D eigenvalue weighted by Crippen LogP contribution is -2.47. The summed E-state index contributed by atoms with van der Waals surface area (Å²) in [4.78, 5) is 8.03. The molecule has 2 aromatic carbocycles. The molecule has 1 saturated heterocycles. The molecule has 0 unspecified atom stereocenters. The average molecular weight is 561 g/mol. The van der Waals surface area contributed by atoms with Crippen molar-refractivity contribution in [3.8, 4) is 5.75 Å². The largest absolute Gasteiger partial charge is 0.497 e. The molecule has 1 N–H and O–H groups in total. The molecule has 1 fully saturated rings. The Morgan fingerprint density at radius 1 is 0.972 bits per heavy atom. The molecule has 0 amide bonds. The summed E-state index contributed by atoms with van der Waals surface area (Å²) in [7, 11) is -2.67. The summed E-state index contributed by atoms with van der Waals surface area (Å²) in [6.45, 7) is 2.70. The van der Waals surface area contributed by atoms with Crippen molar-refractivity contribution < 1.29 is 26.3 Å². The molecule has 0 bridgehead atoms. The Labute approximate surface area is 216 Å². The van der Waals surface area contributed by atoms with Gasteiger partial charge in [0.05, 0.1) is 34.6 Å². The molecule has 192 valence electrons. The standard InChI is InChI=1S/C23H21Cl2F3N4O3S/c1-35-18-4-2-3-17(13-18)31-7-9-32(10-8-31)22-20(25)12-16(14-29-22)30-36(33,34)21-6-5-15(11-19(21)24)23(26,27)28/h2-6,11-14,30H,7-10H2,1H3. The fourth-order valence-corrected chi connectivity index (χ4v) is 5.67. The first-order chi connectivity index (χ1) is 17.0. The molecule has 2 heterocycles. The van der Waals surface area contributed by atoms with Crippen LogP contribution in [-0.2, 0) is 16.2 Å². The van der Waals surface area contributed by atoms with Gasteiger partial charge in [0.2, 0.25) is 0 Å². The number of hydrogen-bond donors (Lipinski definition) is 1. The number of pyridine rings is 1. The van der Waals surface area contributed by atoms with E-state index in [0.717, 1.165) is 17.5 Å². The number of alkyl halides is 3. The molecule has 0 spiro atoms. The van der Waals surface area contributed by atoms with Crippen molar-refractivity contribution in [2.24, 2.45) is 0 Å². The van der Waals surface area contributed by atoms with Crippen LogP contribution in [0.4, 0.5) is 30.4 Å². The molecular weight excluding hydrogens is 540 g/mol. The molecule has 7 nitrogen and oxygen atoms in total. The summed E-state index contributed by atoms with van der Waals surface area (Å²) in [6, 6.07) is 11.2. The third kappa shape index (κ3) is 5.74. The van der Waals surface area contributed by atoms with Crippen LogP contribution < -0.4 is 19.3 Å². The number of sulfonamides is 1. The molecule has 13 heteroatoms. The van der Waals surface area contributed by atoms with Gasteiger partial charge < -0.3 is 14.5 Å².